The number of carbonyl (C=O) groups excluding carboxylic acids is 1. The van der Waals surface area contributed by atoms with Crippen LogP contribution in [0.15, 0.2) is 12.4 Å². The lowest BCUT2D eigenvalue weighted by molar-refractivity contribution is 0.0581. The van der Waals surface area contributed by atoms with E-state index in [1.165, 1.54) is 7.11 Å². The Morgan fingerprint density at radius 2 is 2.50 bits per heavy atom. The molecule has 0 fully saturated rings. The van der Waals surface area contributed by atoms with Crippen molar-refractivity contribution in [2.24, 2.45) is 0 Å². The highest BCUT2D eigenvalue weighted by atomic mass is 16.5. The predicted octanol–water partition coefficient (Wildman–Crippen LogP) is 1.08. The third kappa shape index (κ3) is 1.64. The number of aromatic nitrogens is 2. The van der Waals surface area contributed by atoms with E-state index in [4.69, 9.17) is 0 Å². The Labute approximate surface area is 71.2 Å². The second-order valence-corrected chi connectivity index (χ2v) is 2.44. The average Bonchev–Trinajstić information content (AvgIpc) is 2.52. The number of hydrogen-bond donors (Lipinski definition) is 0. The zero-order chi connectivity index (χ0) is 8.97. The number of esters is 1. The highest BCUT2D eigenvalue weighted by molar-refractivity contribution is 5.85. The highest BCUT2D eigenvalue weighted by Gasteiger charge is 2.11. The Hall–Kier alpha value is -1.32. The summed E-state index contributed by atoms with van der Waals surface area (Å²) in [4.78, 5) is 15.0. The smallest absolute Gasteiger partial charge is 0.374 e. The van der Waals surface area contributed by atoms with Crippen molar-refractivity contribution in [1.82, 2.24) is 9.55 Å². The lowest BCUT2D eigenvalue weighted by Gasteiger charge is -2.02. The van der Waals surface area contributed by atoms with Gasteiger partial charge in [0.2, 0.25) is 5.82 Å². The van der Waals surface area contributed by atoms with E-state index < -0.39 is 0 Å². The Morgan fingerprint density at radius 3 is 3.08 bits per heavy atom. The van der Waals surface area contributed by atoms with E-state index in [0.717, 1.165) is 13.0 Å². The van der Waals surface area contributed by atoms with Crippen molar-refractivity contribution >= 4 is 5.97 Å². The first-order chi connectivity index (χ1) is 5.79. The fraction of sp³-hybridized carbons (Fsp3) is 0.500. The Balaban J connectivity index is 2.83. The lowest BCUT2D eigenvalue weighted by atomic mass is 10.4. The SMILES string of the molecule is CCCn1ccnc1C(=O)OC. The minimum atomic E-state index is -0.381. The van der Waals surface area contributed by atoms with E-state index in [9.17, 15) is 4.79 Å². The maximum atomic E-state index is 11.1. The molecule has 0 aliphatic carbocycles. The third-order valence-corrected chi connectivity index (χ3v) is 1.55. The topological polar surface area (TPSA) is 44.1 Å². The molecule has 1 rings (SSSR count). The number of ether oxygens (including phenoxy) is 1. The van der Waals surface area contributed by atoms with Gasteiger partial charge < -0.3 is 9.30 Å². The zero-order valence-corrected chi connectivity index (χ0v) is 7.28. The molecule has 0 unspecified atom stereocenters. The molecule has 0 amide bonds. The van der Waals surface area contributed by atoms with Crippen LogP contribution < -0.4 is 0 Å². The molecule has 4 heteroatoms. The summed E-state index contributed by atoms with van der Waals surface area (Å²) in [6.07, 6.45) is 4.35. The third-order valence-electron chi connectivity index (χ3n) is 1.55. The van der Waals surface area contributed by atoms with Crippen LogP contribution in [0.3, 0.4) is 0 Å². The van der Waals surface area contributed by atoms with Crippen LogP contribution in [0, 0.1) is 0 Å². The molecular formula is C8H12N2O2. The van der Waals surface area contributed by atoms with Crippen molar-refractivity contribution in [3.63, 3.8) is 0 Å². The van der Waals surface area contributed by atoms with Crippen LogP contribution in [-0.4, -0.2) is 22.6 Å². The van der Waals surface area contributed by atoms with Crippen LogP contribution >= 0.6 is 0 Å². The van der Waals surface area contributed by atoms with Gasteiger partial charge in [0, 0.05) is 18.9 Å². The predicted molar refractivity (Wildman–Crippen MR) is 43.9 cm³/mol. The maximum absolute atomic E-state index is 11.1. The summed E-state index contributed by atoms with van der Waals surface area (Å²) in [7, 11) is 1.35. The lowest BCUT2D eigenvalue weighted by Crippen LogP contribution is -2.11. The summed E-state index contributed by atoms with van der Waals surface area (Å²) in [6, 6.07) is 0. The van der Waals surface area contributed by atoms with Crippen molar-refractivity contribution in [3.8, 4) is 0 Å². The fourth-order valence-corrected chi connectivity index (χ4v) is 1.01. The number of methoxy groups -OCH3 is 1. The molecule has 12 heavy (non-hydrogen) atoms. The van der Waals surface area contributed by atoms with E-state index in [1.807, 2.05) is 6.92 Å². The first-order valence-corrected chi connectivity index (χ1v) is 3.89. The van der Waals surface area contributed by atoms with Gasteiger partial charge in [0.15, 0.2) is 0 Å². The number of nitrogens with zero attached hydrogens (tertiary/aromatic N) is 2. The van der Waals surface area contributed by atoms with Crippen LogP contribution in [0.25, 0.3) is 0 Å². The van der Waals surface area contributed by atoms with Crippen LogP contribution in [0.4, 0.5) is 0 Å². The average molecular weight is 168 g/mol. The van der Waals surface area contributed by atoms with Crippen LogP contribution in [0.5, 0.6) is 0 Å². The first kappa shape index (κ1) is 8.77. The Morgan fingerprint density at radius 1 is 1.75 bits per heavy atom. The molecule has 0 spiro atoms. The summed E-state index contributed by atoms with van der Waals surface area (Å²) < 4.78 is 6.34. The van der Waals surface area contributed by atoms with Gasteiger partial charge in [0.1, 0.15) is 0 Å². The fourth-order valence-electron chi connectivity index (χ4n) is 1.01. The molecule has 0 N–H and O–H groups in total. The van der Waals surface area contributed by atoms with E-state index in [2.05, 4.69) is 9.72 Å². The molecule has 0 saturated carbocycles. The molecule has 0 radical (unpaired) electrons. The molecule has 0 saturated heterocycles. The second-order valence-electron chi connectivity index (χ2n) is 2.44. The van der Waals surface area contributed by atoms with Crippen molar-refractivity contribution in [2.45, 2.75) is 19.9 Å². The molecule has 66 valence electrons. The second kappa shape index (κ2) is 3.90. The van der Waals surface area contributed by atoms with E-state index in [0.29, 0.717) is 5.82 Å². The summed E-state index contributed by atoms with van der Waals surface area (Å²) in [5, 5.41) is 0. The normalized spacial score (nSPS) is 9.83. The Kier molecular flexibility index (Phi) is 2.85. The molecule has 4 nitrogen and oxygen atoms in total. The van der Waals surface area contributed by atoms with E-state index in [-0.39, 0.29) is 5.97 Å². The first-order valence-electron chi connectivity index (χ1n) is 3.89. The van der Waals surface area contributed by atoms with Crippen molar-refractivity contribution in [2.75, 3.05) is 7.11 Å². The summed E-state index contributed by atoms with van der Waals surface area (Å²) >= 11 is 0. The summed E-state index contributed by atoms with van der Waals surface area (Å²) in [6.45, 7) is 2.84. The number of rotatable bonds is 3. The van der Waals surface area contributed by atoms with Gasteiger partial charge in [-0.25, -0.2) is 9.78 Å². The van der Waals surface area contributed by atoms with Crippen molar-refractivity contribution in [3.05, 3.63) is 18.2 Å². The molecule has 1 aromatic rings. The van der Waals surface area contributed by atoms with Crippen LogP contribution in [0.2, 0.25) is 0 Å². The van der Waals surface area contributed by atoms with Gasteiger partial charge >= 0.3 is 5.97 Å². The maximum Gasteiger partial charge on any atom is 0.374 e. The largest absolute Gasteiger partial charge is 0.463 e. The molecule has 0 aliphatic heterocycles. The Bertz CT molecular complexity index is 268. The molecular weight excluding hydrogens is 156 g/mol. The van der Waals surface area contributed by atoms with Crippen LogP contribution in [-0.2, 0) is 11.3 Å². The van der Waals surface area contributed by atoms with Gasteiger partial charge in [0.25, 0.3) is 0 Å². The van der Waals surface area contributed by atoms with E-state index in [1.54, 1.807) is 17.0 Å². The van der Waals surface area contributed by atoms with Gasteiger partial charge in [-0.3, -0.25) is 0 Å². The molecule has 0 aromatic carbocycles. The quantitative estimate of drug-likeness (QED) is 0.634. The van der Waals surface area contributed by atoms with Gasteiger partial charge in [-0.05, 0) is 6.42 Å². The number of imidazole rings is 1. The monoisotopic (exact) mass is 168 g/mol. The van der Waals surface area contributed by atoms with Gasteiger partial charge in [-0.15, -0.1) is 0 Å². The van der Waals surface area contributed by atoms with Crippen molar-refractivity contribution < 1.29 is 9.53 Å². The molecule has 0 bridgehead atoms. The number of hydrogen-bond acceptors (Lipinski definition) is 3. The highest BCUT2D eigenvalue weighted by Crippen LogP contribution is 2.00. The van der Waals surface area contributed by atoms with Gasteiger partial charge in [-0.1, -0.05) is 6.92 Å². The molecule has 1 heterocycles. The van der Waals surface area contributed by atoms with E-state index >= 15 is 0 Å². The summed E-state index contributed by atoms with van der Waals surface area (Å²) in [5.41, 5.74) is 0. The zero-order valence-electron chi connectivity index (χ0n) is 7.28. The standard InChI is InChI=1S/C8H12N2O2/c1-3-5-10-6-4-9-7(10)8(11)12-2/h4,6H,3,5H2,1-2H3. The molecule has 0 atom stereocenters. The van der Waals surface area contributed by atoms with Crippen molar-refractivity contribution in [1.29, 1.82) is 0 Å². The molecule has 0 aliphatic rings. The number of aryl methyl sites for hydroxylation is 1. The van der Waals surface area contributed by atoms with Crippen LogP contribution in [0.1, 0.15) is 24.0 Å². The van der Waals surface area contributed by atoms with Gasteiger partial charge in [-0.2, -0.15) is 0 Å². The molecule has 1 aromatic heterocycles. The van der Waals surface area contributed by atoms with Gasteiger partial charge in [0.05, 0.1) is 7.11 Å². The minimum Gasteiger partial charge on any atom is -0.463 e. The number of carbonyl (C=O) groups is 1. The minimum absolute atomic E-state index is 0.374. The summed E-state index contributed by atoms with van der Waals surface area (Å²) in [5.74, 6) is -0.00667.